The molecule has 2 heterocycles. The molecule has 0 bridgehead atoms. The lowest BCUT2D eigenvalue weighted by Crippen LogP contribution is -2.29. The van der Waals surface area contributed by atoms with Gasteiger partial charge in [-0.15, -0.1) is 5.10 Å². The molecular weight excluding hydrogens is 352 g/mol. The lowest BCUT2D eigenvalue weighted by Gasteiger charge is -2.18. The van der Waals surface area contributed by atoms with Crippen molar-refractivity contribution in [1.82, 2.24) is 14.6 Å². The number of carbonyl (C=O) groups is 1. The van der Waals surface area contributed by atoms with Gasteiger partial charge in [0.15, 0.2) is 0 Å². The van der Waals surface area contributed by atoms with Crippen molar-refractivity contribution in [3.05, 3.63) is 42.1 Å². The number of aromatic nitrogens is 3. The Morgan fingerprint density at radius 2 is 2.08 bits per heavy atom. The van der Waals surface area contributed by atoms with Crippen LogP contribution in [0.2, 0.25) is 0 Å². The van der Waals surface area contributed by atoms with Gasteiger partial charge in [-0.3, -0.25) is 0 Å². The first kappa shape index (κ1) is 18.1. The van der Waals surface area contributed by atoms with Crippen LogP contribution in [0.3, 0.4) is 0 Å². The first-order valence-electron chi connectivity index (χ1n) is 8.21. The van der Waals surface area contributed by atoms with Crippen LogP contribution in [0.15, 0.2) is 36.5 Å². The summed E-state index contributed by atoms with van der Waals surface area (Å²) >= 11 is 1.43. The molecule has 0 aliphatic rings. The molecule has 0 aliphatic carbocycles. The van der Waals surface area contributed by atoms with E-state index in [4.69, 9.17) is 5.11 Å². The zero-order chi connectivity index (χ0) is 18.7. The Labute approximate surface area is 154 Å². The number of rotatable bonds is 7. The molecule has 1 atom stereocenters. The molecule has 3 aromatic rings. The second-order valence-corrected chi connectivity index (χ2v) is 7.19. The van der Waals surface area contributed by atoms with Crippen molar-refractivity contribution in [2.45, 2.75) is 19.9 Å². The van der Waals surface area contributed by atoms with Gasteiger partial charge in [-0.1, -0.05) is 49.4 Å². The monoisotopic (exact) mass is 372 g/mol. The lowest BCUT2D eigenvalue weighted by molar-refractivity contribution is -0.131. The average molecular weight is 372 g/mol. The third kappa shape index (κ3) is 4.09. The summed E-state index contributed by atoms with van der Waals surface area (Å²) in [5.41, 5.74) is 2.54. The Balaban J connectivity index is 1.77. The number of aliphatic hydroxyl groups excluding tert-OH is 1. The molecule has 136 valence electrons. The van der Waals surface area contributed by atoms with E-state index in [1.165, 1.54) is 11.3 Å². The summed E-state index contributed by atoms with van der Waals surface area (Å²) in [5, 5.41) is 26.5. The van der Waals surface area contributed by atoms with Gasteiger partial charge in [0.1, 0.15) is 0 Å². The Hall–Kier alpha value is -2.71. The van der Waals surface area contributed by atoms with E-state index in [2.05, 4.69) is 15.4 Å². The minimum absolute atomic E-state index is 0.0447. The molecule has 1 aromatic carbocycles. The first-order chi connectivity index (χ1) is 12.5. The van der Waals surface area contributed by atoms with Crippen molar-refractivity contribution in [1.29, 1.82) is 0 Å². The SMILES string of the molecule is CC(C)[C@@H](CO)Nc1nn2cc(-c3ccc(/C=C/C(=O)O)cc3)nc2s1. The fourth-order valence-electron chi connectivity index (χ4n) is 2.41. The fourth-order valence-corrected chi connectivity index (χ4v) is 3.25. The number of aliphatic hydroxyl groups is 1. The smallest absolute Gasteiger partial charge is 0.328 e. The predicted molar refractivity (Wildman–Crippen MR) is 102 cm³/mol. The van der Waals surface area contributed by atoms with Crippen LogP contribution in [0.1, 0.15) is 19.4 Å². The number of hydrogen-bond acceptors (Lipinski definition) is 6. The number of anilines is 1. The summed E-state index contributed by atoms with van der Waals surface area (Å²) in [4.78, 5) is 15.9. The van der Waals surface area contributed by atoms with E-state index in [1.807, 2.05) is 44.3 Å². The Kier molecular flexibility index (Phi) is 5.34. The van der Waals surface area contributed by atoms with Crippen LogP contribution in [0.5, 0.6) is 0 Å². The zero-order valence-corrected chi connectivity index (χ0v) is 15.3. The summed E-state index contributed by atoms with van der Waals surface area (Å²) in [6.07, 6.45) is 4.50. The molecule has 2 aromatic heterocycles. The number of imidazole rings is 1. The predicted octanol–water partition coefficient (Wildman–Crippen LogP) is 2.98. The number of carboxylic acid groups (broad SMARTS) is 1. The van der Waals surface area contributed by atoms with E-state index in [0.29, 0.717) is 5.92 Å². The van der Waals surface area contributed by atoms with Crippen LogP contribution >= 0.6 is 11.3 Å². The Morgan fingerprint density at radius 1 is 1.35 bits per heavy atom. The molecule has 0 spiro atoms. The Bertz CT molecular complexity index is 896. The van der Waals surface area contributed by atoms with Crippen molar-refractivity contribution < 1.29 is 15.0 Å². The molecule has 0 saturated carbocycles. The van der Waals surface area contributed by atoms with Gasteiger partial charge >= 0.3 is 5.97 Å². The normalized spacial score (nSPS) is 12.9. The minimum atomic E-state index is -0.972. The highest BCUT2D eigenvalue weighted by Gasteiger charge is 2.15. The van der Waals surface area contributed by atoms with Crippen LogP contribution in [0.25, 0.3) is 22.3 Å². The molecule has 0 saturated heterocycles. The second-order valence-electron chi connectivity index (χ2n) is 6.23. The van der Waals surface area contributed by atoms with Gasteiger partial charge < -0.3 is 15.5 Å². The van der Waals surface area contributed by atoms with Crippen LogP contribution in [-0.4, -0.2) is 43.4 Å². The molecule has 0 radical (unpaired) electrons. The summed E-state index contributed by atoms with van der Waals surface area (Å²) in [6.45, 7) is 4.13. The van der Waals surface area contributed by atoms with Crippen molar-refractivity contribution in [2.75, 3.05) is 11.9 Å². The third-order valence-electron chi connectivity index (χ3n) is 3.98. The van der Waals surface area contributed by atoms with E-state index < -0.39 is 5.97 Å². The maximum Gasteiger partial charge on any atom is 0.328 e. The van der Waals surface area contributed by atoms with Crippen LogP contribution in [0, 0.1) is 5.92 Å². The highest BCUT2D eigenvalue weighted by Crippen LogP contribution is 2.25. The van der Waals surface area contributed by atoms with Gasteiger partial charge in [-0.05, 0) is 17.6 Å². The average Bonchev–Trinajstić information content (AvgIpc) is 3.16. The van der Waals surface area contributed by atoms with E-state index in [1.54, 1.807) is 10.6 Å². The van der Waals surface area contributed by atoms with E-state index >= 15 is 0 Å². The minimum Gasteiger partial charge on any atom is -0.478 e. The summed E-state index contributed by atoms with van der Waals surface area (Å²) in [7, 11) is 0. The lowest BCUT2D eigenvalue weighted by atomic mass is 10.1. The van der Waals surface area contributed by atoms with Crippen molar-refractivity contribution in [3.8, 4) is 11.3 Å². The number of benzene rings is 1. The van der Waals surface area contributed by atoms with E-state index in [0.717, 1.165) is 33.0 Å². The van der Waals surface area contributed by atoms with Gasteiger partial charge in [0.2, 0.25) is 10.1 Å². The molecule has 26 heavy (non-hydrogen) atoms. The zero-order valence-electron chi connectivity index (χ0n) is 14.5. The molecule has 3 N–H and O–H groups in total. The van der Waals surface area contributed by atoms with Crippen LogP contribution < -0.4 is 5.32 Å². The number of hydrogen-bond donors (Lipinski definition) is 3. The molecule has 0 aliphatic heterocycles. The van der Waals surface area contributed by atoms with Gasteiger partial charge in [-0.2, -0.15) is 0 Å². The highest BCUT2D eigenvalue weighted by atomic mass is 32.1. The van der Waals surface area contributed by atoms with Crippen LogP contribution in [-0.2, 0) is 4.79 Å². The van der Waals surface area contributed by atoms with Gasteiger partial charge in [0.25, 0.3) is 0 Å². The number of nitrogens with one attached hydrogen (secondary N) is 1. The molecule has 0 amide bonds. The quantitative estimate of drug-likeness (QED) is 0.551. The van der Waals surface area contributed by atoms with Gasteiger partial charge in [0, 0.05) is 11.6 Å². The van der Waals surface area contributed by atoms with Gasteiger partial charge in [0.05, 0.1) is 24.5 Å². The molecule has 7 nitrogen and oxygen atoms in total. The summed E-state index contributed by atoms with van der Waals surface area (Å²) in [6, 6.07) is 7.44. The largest absolute Gasteiger partial charge is 0.478 e. The fraction of sp³-hybridized carbons (Fsp3) is 0.278. The number of aliphatic carboxylic acids is 1. The maximum absolute atomic E-state index is 10.6. The topological polar surface area (TPSA) is 99.8 Å². The summed E-state index contributed by atoms with van der Waals surface area (Å²) in [5.74, 6) is -0.680. The maximum atomic E-state index is 10.6. The highest BCUT2D eigenvalue weighted by molar-refractivity contribution is 7.20. The first-order valence-corrected chi connectivity index (χ1v) is 9.03. The number of fused-ring (bicyclic) bond motifs is 1. The molecule has 3 rings (SSSR count). The molecule has 0 unspecified atom stereocenters. The number of carboxylic acids is 1. The van der Waals surface area contributed by atoms with E-state index in [9.17, 15) is 9.90 Å². The molecule has 8 heteroatoms. The Morgan fingerprint density at radius 3 is 2.65 bits per heavy atom. The second kappa shape index (κ2) is 7.67. The molecule has 0 fully saturated rings. The number of nitrogens with zero attached hydrogens (tertiary/aromatic N) is 3. The third-order valence-corrected chi connectivity index (χ3v) is 4.83. The van der Waals surface area contributed by atoms with Crippen molar-refractivity contribution >= 4 is 33.5 Å². The standard InChI is InChI=1S/C18H20N4O3S/c1-11(2)15(10-23)19-17-21-22-9-14(20-18(22)26-17)13-6-3-12(4-7-13)5-8-16(24)25/h3-9,11,15,23H,10H2,1-2H3,(H,19,21)(H,24,25)/b8-5+/t15-/m1/s1. The van der Waals surface area contributed by atoms with Crippen molar-refractivity contribution in [2.24, 2.45) is 5.92 Å². The van der Waals surface area contributed by atoms with Crippen molar-refractivity contribution in [3.63, 3.8) is 0 Å². The van der Waals surface area contributed by atoms with Crippen LogP contribution in [0.4, 0.5) is 5.13 Å². The van der Waals surface area contributed by atoms with Gasteiger partial charge in [-0.25, -0.2) is 14.3 Å². The molecular formula is C18H20N4O3S. The van der Waals surface area contributed by atoms with E-state index in [-0.39, 0.29) is 12.6 Å². The summed E-state index contributed by atoms with van der Waals surface area (Å²) < 4.78 is 1.72.